The topological polar surface area (TPSA) is 54.6 Å². The summed E-state index contributed by atoms with van der Waals surface area (Å²) in [6.07, 6.45) is 0.459. The highest BCUT2D eigenvalue weighted by Crippen LogP contribution is 2.39. The minimum absolute atomic E-state index is 0.254. The molecule has 0 saturated carbocycles. The summed E-state index contributed by atoms with van der Waals surface area (Å²) < 4.78 is 10.9. The van der Waals surface area contributed by atoms with Crippen molar-refractivity contribution in [1.82, 2.24) is 9.88 Å². The highest BCUT2D eigenvalue weighted by atomic mass is 35.5. The van der Waals surface area contributed by atoms with Crippen LogP contribution in [0.25, 0.3) is 10.9 Å². The van der Waals surface area contributed by atoms with Crippen molar-refractivity contribution in [1.29, 1.82) is 0 Å². The Bertz CT molecular complexity index is 1030. The van der Waals surface area contributed by atoms with E-state index in [1.807, 2.05) is 61.2 Å². The second-order valence-corrected chi connectivity index (χ2v) is 8.23. The lowest BCUT2D eigenvalue weighted by Crippen LogP contribution is -2.41. The SMILES string of the molecule is COc1ccc(C2c3[nH]c4ccc(Cl)cc4c3CCN2C(=O)OCC(C)C)cc1. The number of methoxy groups -OCH3 is 1. The third-order valence-corrected chi connectivity index (χ3v) is 5.53. The van der Waals surface area contributed by atoms with Crippen molar-refractivity contribution in [2.45, 2.75) is 26.3 Å². The van der Waals surface area contributed by atoms with Crippen molar-refractivity contribution in [2.75, 3.05) is 20.3 Å². The van der Waals surface area contributed by atoms with Crippen LogP contribution in [0, 0.1) is 5.92 Å². The van der Waals surface area contributed by atoms with E-state index in [2.05, 4.69) is 4.98 Å². The van der Waals surface area contributed by atoms with Gasteiger partial charge in [0, 0.05) is 28.2 Å². The molecule has 29 heavy (non-hydrogen) atoms. The maximum absolute atomic E-state index is 12.9. The molecule has 0 fully saturated rings. The van der Waals surface area contributed by atoms with Gasteiger partial charge in [0.15, 0.2) is 0 Å². The molecule has 1 aliphatic rings. The van der Waals surface area contributed by atoms with E-state index in [0.717, 1.165) is 34.3 Å². The van der Waals surface area contributed by atoms with Crippen molar-refractivity contribution in [3.63, 3.8) is 0 Å². The summed E-state index contributed by atoms with van der Waals surface area (Å²) >= 11 is 6.24. The van der Waals surface area contributed by atoms with Gasteiger partial charge in [0.2, 0.25) is 0 Å². The molecule has 0 bridgehead atoms. The number of aromatic amines is 1. The van der Waals surface area contributed by atoms with Crippen LogP contribution in [0.2, 0.25) is 5.02 Å². The first-order valence-corrected chi connectivity index (χ1v) is 10.2. The molecule has 1 atom stereocenters. The summed E-state index contributed by atoms with van der Waals surface area (Å²) in [5, 5.41) is 1.82. The third-order valence-electron chi connectivity index (χ3n) is 5.30. The van der Waals surface area contributed by atoms with E-state index in [-0.39, 0.29) is 18.1 Å². The molecule has 3 aromatic rings. The number of hydrogen-bond acceptors (Lipinski definition) is 3. The van der Waals surface area contributed by atoms with Crippen LogP contribution in [0.3, 0.4) is 0 Å². The van der Waals surface area contributed by atoms with Gasteiger partial charge in [-0.15, -0.1) is 0 Å². The van der Waals surface area contributed by atoms with Crippen molar-refractivity contribution in [3.05, 3.63) is 64.3 Å². The standard InChI is InChI=1S/C23H25ClN2O3/c1-14(2)13-29-23(27)26-11-10-18-19-12-16(24)6-9-20(19)25-21(18)22(26)15-4-7-17(28-3)8-5-15/h4-9,12,14,22,25H,10-11,13H2,1-3H3. The predicted molar refractivity (Wildman–Crippen MR) is 115 cm³/mol. The molecule has 0 spiro atoms. The average molecular weight is 413 g/mol. The van der Waals surface area contributed by atoms with Gasteiger partial charge in [-0.25, -0.2) is 4.79 Å². The lowest BCUT2D eigenvalue weighted by Gasteiger charge is -2.35. The summed E-state index contributed by atoms with van der Waals surface area (Å²) in [4.78, 5) is 18.3. The number of H-pyrrole nitrogens is 1. The Morgan fingerprint density at radius 2 is 2.00 bits per heavy atom. The predicted octanol–water partition coefficient (Wildman–Crippen LogP) is 5.57. The van der Waals surface area contributed by atoms with E-state index < -0.39 is 0 Å². The number of amides is 1. The Balaban J connectivity index is 1.79. The summed E-state index contributed by atoms with van der Waals surface area (Å²) in [6, 6.07) is 13.4. The van der Waals surface area contributed by atoms with Gasteiger partial charge in [0.25, 0.3) is 0 Å². The molecular weight excluding hydrogens is 388 g/mol. The van der Waals surface area contributed by atoms with Crippen LogP contribution in [0.1, 0.15) is 36.7 Å². The first-order chi connectivity index (χ1) is 14.0. The molecule has 0 saturated heterocycles. The highest BCUT2D eigenvalue weighted by molar-refractivity contribution is 6.31. The van der Waals surface area contributed by atoms with Crippen LogP contribution in [-0.2, 0) is 11.2 Å². The fourth-order valence-electron chi connectivity index (χ4n) is 3.91. The molecular formula is C23H25ClN2O3. The Labute approximate surface area is 175 Å². The van der Waals surface area contributed by atoms with Gasteiger partial charge >= 0.3 is 6.09 Å². The minimum atomic E-state index is -0.290. The van der Waals surface area contributed by atoms with Crippen LogP contribution in [0.4, 0.5) is 4.79 Å². The number of carbonyl (C=O) groups is 1. The van der Waals surface area contributed by atoms with Crippen molar-refractivity contribution >= 4 is 28.6 Å². The second-order valence-electron chi connectivity index (χ2n) is 7.80. The molecule has 1 N–H and O–H groups in total. The smallest absolute Gasteiger partial charge is 0.410 e. The zero-order valence-corrected chi connectivity index (χ0v) is 17.6. The number of nitrogens with one attached hydrogen (secondary N) is 1. The Morgan fingerprint density at radius 1 is 1.24 bits per heavy atom. The van der Waals surface area contributed by atoms with Gasteiger partial charge in [0.1, 0.15) is 11.8 Å². The molecule has 2 aromatic carbocycles. The summed E-state index contributed by atoms with van der Waals surface area (Å²) in [5.74, 6) is 1.07. The minimum Gasteiger partial charge on any atom is -0.497 e. The monoisotopic (exact) mass is 412 g/mol. The molecule has 152 valence electrons. The number of fused-ring (bicyclic) bond motifs is 3. The van der Waals surface area contributed by atoms with Gasteiger partial charge in [0.05, 0.1) is 13.7 Å². The van der Waals surface area contributed by atoms with E-state index in [4.69, 9.17) is 21.1 Å². The molecule has 0 radical (unpaired) electrons. The molecule has 0 aliphatic carbocycles. The first kappa shape index (κ1) is 19.6. The lowest BCUT2D eigenvalue weighted by molar-refractivity contribution is 0.0797. The Morgan fingerprint density at radius 3 is 2.69 bits per heavy atom. The van der Waals surface area contributed by atoms with Crippen molar-refractivity contribution in [3.8, 4) is 5.75 Å². The largest absolute Gasteiger partial charge is 0.497 e. The van der Waals surface area contributed by atoms with Gasteiger partial charge < -0.3 is 14.5 Å². The van der Waals surface area contributed by atoms with Crippen molar-refractivity contribution in [2.24, 2.45) is 5.92 Å². The Kier molecular flexibility index (Phi) is 5.41. The molecule has 4 rings (SSSR count). The molecule has 1 aliphatic heterocycles. The van der Waals surface area contributed by atoms with Crippen molar-refractivity contribution < 1.29 is 14.3 Å². The Hall–Kier alpha value is -2.66. The van der Waals surface area contributed by atoms with E-state index in [1.165, 1.54) is 5.56 Å². The zero-order chi connectivity index (χ0) is 20.5. The van der Waals surface area contributed by atoms with E-state index in [1.54, 1.807) is 7.11 Å². The van der Waals surface area contributed by atoms with Gasteiger partial charge in [-0.3, -0.25) is 4.90 Å². The molecule has 6 heteroatoms. The van der Waals surface area contributed by atoms with Gasteiger partial charge in [-0.1, -0.05) is 37.6 Å². The number of nitrogens with zero attached hydrogens (tertiary/aromatic N) is 1. The molecule has 2 heterocycles. The van der Waals surface area contributed by atoms with Crippen LogP contribution >= 0.6 is 11.6 Å². The van der Waals surface area contributed by atoms with Crippen LogP contribution < -0.4 is 4.74 Å². The highest BCUT2D eigenvalue weighted by Gasteiger charge is 2.35. The summed E-state index contributed by atoms with van der Waals surface area (Å²) in [6.45, 7) is 5.05. The second kappa shape index (κ2) is 7.99. The number of benzene rings is 2. The van der Waals surface area contributed by atoms with Gasteiger partial charge in [-0.2, -0.15) is 0 Å². The average Bonchev–Trinajstić information content (AvgIpc) is 3.09. The number of aromatic nitrogens is 1. The number of hydrogen-bond donors (Lipinski definition) is 1. The van der Waals surface area contributed by atoms with E-state index in [0.29, 0.717) is 18.2 Å². The molecule has 1 unspecified atom stereocenters. The summed E-state index contributed by atoms with van der Waals surface area (Å²) in [5.41, 5.74) is 4.25. The van der Waals surface area contributed by atoms with E-state index in [9.17, 15) is 4.79 Å². The fourth-order valence-corrected chi connectivity index (χ4v) is 4.08. The maximum Gasteiger partial charge on any atom is 0.410 e. The number of carbonyl (C=O) groups excluding carboxylic acids is 1. The number of halogens is 1. The van der Waals surface area contributed by atoms with Gasteiger partial charge in [-0.05, 0) is 53.8 Å². The normalized spacial score (nSPS) is 16.2. The lowest BCUT2D eigenvalue weighted by atomic mass is 9.92. The van der Waals surface area contributed by atoms with Crippen LogP contribution in [0.5, 0.6) is 5.75 Å². The molecule has 5 nitrogen and oxygen atoms in total. The zero-order valence-electron chi connectivity index (χ0n) is 16.9. The summed E-state index contributed by atoms with van der Waals surface area (Å²) in [7, 11) is 1.64. The third kappa shape index (κ3) is 3.79. The first-order valence-electron chi connectivity index (χ1n) is 9.85. The molecule has 1 aromatic heterocycles. The molecule has 1 amide bonds. The quantitative estimate of drug-likeness (QED) is 0.609. The van der Waals surface area contributed by atoms with Crippen LogP contribution in [0.15, 0.2) is 42.5 Å². The number of ether oxygens (including phenoxy) is 2. The number of rotatable bonds is 4. The fraction of sp³-hybridized carbons (Fsp3) is 0.348. The van der Waals surface area contributed by atoms with E-state index >= 15 is 0 Å². The van der Waals surface area contributed by atoms with Crippen LogP contribution in [-0.4, -0.2) is 36.2 Å². The maximum atomic E-state index is 12.9.